The average Bonchev–Trinajstić information content (AvgIpc) is 2.46. The molecule has 0 aromatic rings. The SMILES string of the molecule is COC(=O)CCCS(=O)(=O)N1CCC[C@H]2CCCC[C@H]21. The minimum atomic E-state index is -3.23. The Morgan fingerprint density at radius 3 is 2.65 bits per heavy atom. The van der Waals surface area contributed by atoms with Crippen molar-refractivity contribution >= 4 is 16.0 Å². The second kappa shape index (κ2) is 6.89. The summed E-state index contributed by atoms with van der Waals surface area (Å²) in [6, 6.07) is 0.209. The maximum absolute atomic E-state index is 12.5. The average molecular weight is 303 g/mol. The molecule has 6 heteroatoms. The zero-order valence-corrected chi connectivity index (χ0v) is 13.0. The van der Waals surface area contributed by atoms with Crippen LogP contribution in [0.2, 0.25) is 0 Å². The number of ether oxygens (including phenoxy) is 1. The third-order valence-corrected chi connectivity index (χ3v) is 6.53. The molecule has 0 aromatic carbocycles. The van der Waals surface area contributed by atoms with Gasteiger partial charge in [0.05, 0.1) is 12.9 Å². The van der Waals surface area contributed by atoms with Crippen molar-refractivity contribution in [2.24, 2.45) is 5.92 Å². The monoisotopic (exact) mass is 303 g/mol. The second-order valence-electron chi connectivity index (χ2n) is 5.86. The number of carbonyl (C=O) groups excluding carboxylic acids is 1. The number of rotatable bonds is 5. The fraction of sp³-hybridized carbons (Fsp3) is 0.929. The molecular formula is C14H25NO4S. The van der Waals surface area contributed by atoms with Gasteiger partial charge in [-0.15, -0.1) is 0 Å². The molecule has 2 rings (SSSR count). The van der Waals surface area contributed by atoms with E-state index in [1.54, 1.807) is 4.31 Å². The maximum Gasteiger partial charge on any atom is 0.305 e. The number of piperidine rings is 1. The van der Waals surface area contributed by atoms with Crippen LogP contribution in [0.1, 0.15) is 51.4 Å². The fourth-order valence-corrected chi connectivity index (χ4v) is 5.38. The first-order valence-corrected chi connectivity index (χ1v) is 9.22. The van der Waals surface area contributed by atoms with Gasteiger partial charge in [0, 0.05) is 19.0 Å². The van der Waals surface area contributed by atoms with E-state index in [2.05, 4.69) is 4.74 Å². The van der Waals surface area contributed by atoms with Crippen LogP contribution in [0.25, 0.3) is 0 Å². The highest BCUT2D eigenvalue weighted by molar-refractivity contribution is 7.89. The Balaban J connectivity index is 1.95. The molecule has 2 aliphatic rings. The van der Waals surface area contributed by atoms with E-state index in [0.717, 1.165) is 19.3 Å². The molecule has 0 bridgehead atoms. The van der Waals surface area contributed by atoms with Gasteiger partial charge in [0.1, 0.15) is 0 Å². The quantitative estimate of drug-likeness (QED) is 0.728. The van der Waals surface area contributed by atoms with Crippen LogP contribution in [-0.4, -0.2) is 44.1 Å². The Bertz CT molecular complexity index is 432. The Labute approximate surface area is 121 Å². The molecule has 0 radical (unpaired) electrons. The maximum atomic E-state index is 12.5. The highest BCUT2D eigenvalue weighted by atomic mass is 32.2. The lowest BCUT2D eigenvalue weighted by molar-refractivity contribution is -0.140. The molecule has 116 valence electrons. The molecule has 2 fully saturated rings. The predicted molar refractivity (Wildman–Crippen MR) is 76.7 cm³/mol. The fourth-order valence-electron chi connectivity index (χ4n) is 3.54. The lowest BCUT2D eigenvalue weighted by Gasteiger charge is -2.43. The molecule has 1 aliphatic heterocycles. The number of carbonyl (C=O) groups is 1. The van der Waals surface area contributed by atoms with Gasteiger partial charge in [0.25, 0.3) is 0 Å². The lowest BCUT2D eigenvalue weighted by Crippen LogP contribution is -2.50. The summed E-state index contributed by atoms with van der Waals surface area (Å²) < 4.78 is 31.3. The number of sulfonamides is 1. The molecule has 0 amide bonds. The predicted octanol–water partition coefficient (Wildman–Crippen LogP) is 1.92. The third kappa shape index (κ3) is 3.73. The van der Waals surface area contributed by atoms with Gasteiger partial charge in [0.2, 0.25) is 10.0 Å². The van der Waals surface area contributed by atoms with Crippen molar-refractivity contribution in [3.8, 4) is 0 Å². The van der Waals surface area contributed by atoms with Crippen molar-refractivity contribution in [1.82, 2.24) is 4.31 Å². The first-order chi connectivity index (χ1) is 9.54. The standard InChI is InChI=1S/C14H25NO4S/c1-19-14(16)9-5-11-20(17,18)15-10-4-7-12-6-2-3-8-13(12)15/h12-13H,2-11H2,1H3/t12-,13-/m1/s1. The van der Waals surface area contributed by atoms with E-state index in [1.807, 2.05) is 0 Å². The van der Waals surface area contributed by atoms with Crippen LogP contribution in [0.3, 0.4) is 0 Å². The summed E-state index contributed by atoms with van der Waals surface area (Å²) in [5, 5.41) is 0. The van der Waals surface area contributed by atoms with E-state index >= 15 is 0 Å². The van der Waals surface area contributed by atoms with Gasteiger partial charge in [-0.2, -0.15) is 4.31 Å². The van der Waals surface area contributed by atoms with Crippen LogP contribution >= 0.6 is 0 Å². The first kappa shape index (κ1) is 15.8. The summed E-state index contributed by atoms with van der Waals surface area (Å²) in [7, 11) is -1.90. The van der Waals surface area contributed by atoms with Gasteiger partial charge < -0.3 is 4.74 Å². The summed E-state index contributed by atoms with van der Waals surface area (Å²) >= 11 is 0. The zero-order chi connectivity index (χ0) is 14.6. The normalized spacial score (nSPS) is 27.9. The largest absolute Gasteiger partial charge is 0.469 e. The van der Waals surface area contributed by atoms with Crippen molar-refractivity contribution < 1.29 is 17.9 Å². The molecule has 1 heterocycles. The van der Waals surface area contributed by atoms with E-state index in [4.69, 9.17) is 0 Å². The van der Waals surface area contributed by atoms with Crippen molar-refractivity contribution in [1.29, 1.82) is 0 Å². The summed E-state index contributed by atoms with van der Waals surface area (Å²) in [6.07, 6.45) is 7.20. The van der Waals surface area contributed by atoms with E-state index in [9.17, 15) is 13.2 Å². The molecular weight excluding hydrogens is 278 g/mol. The van der Waals surface area contributed by atoms with Gasteiger partial charge in [0.15, 0.2) is 0 Å². The highest BCUT2D eigenvalue weighted by Crippen LogP contribution is 2.36. The van der Waals surface area contributed by atoms with Crippen LogP contribution in [-0.2, 0) is 19.6 Å². The molecule has 1 saturated carbocycles. The topological polar surface area (TPSA) is 63.7 Å². The molecule has 0 spiro atoms. The Kier molecular flexibility index (Phi) is 5.43. The molecule has 1 saturated heterocycles. The molecule has 1 aliphatic carbocycles. The van der Waals surface area contributed by atoms with Gasteiger partial charge in [-0.05, 0) is 38.0 Å². The van der Waals surface area contributed by atoms with Crippen molar-refractivity contribution in [2.75, 3.05) is 19.4 Å². The van der Waals surface area contributed by atoms with Gasteiger partial charge in [-0.3, -0.25) is 4.79 Å². The van der Waals surface area contributed by atoms with Gasteiger partial charge in [-0.1, -0.05) is 12.8 Å². The van der Waals surface area contributed by atoms with Crippen LogP contribution < -0.4 is 0 Å². The van der Waals surface area contributed by atoms with Crippen LogP contribution in [0.15, 0.2) is 0 Å². The number of fused-ring (bicyclic) bond motifs is 1. The zero-order valence-electron chi connectivity index (χ0n) is 12.2. The minimum Gasteiger partial charge on any atom is -0.469 e. The van der Waals surface area contributed by atoms with E-state index < -0.39 is 10.0 Å². The second-order valence-corrected chi connectivity index (χ2v) is 7.90. The molecule has 20 heavy (non-hydrogen) atoms. The van der Waals surface area contributed by atoms with Gasteiger partial charge >= 0.3 is 5.97 Å². The first-order valence-electron chi connectivity index (χ1n) is 7.61. The smallest absolute Gasteiger partial charge is 0.305 e. The van der Waals surface area contributed by atoms with Crippen molar-refractivity contribution in [3.63, 3.8) is 0 Å². The van der Waals surface area contributed by atoms with E-state index in [1.165, 1.54) is 26.4 Å². The van der Waals surface area contributed by atoms with E-state index in [0.29, 0.717) is 18.9 Å². The summed E-state index contributed by atoms with van der Waals surface area (Å²) in [5.74, 6) is 0.271. The van der Waals surface area contributed by atoms with Crippen LogP contribution in [0.5, 0.6) is 0 Å². The summed E-state index contributed by atoms with van der Waals surface area (Å²) in [4.78, 5) is 11.1. The summed E-state index contributed by atoms with van der Waals surface area (Å²) in [6.45, 7) is 0.654. The molecule has 5 nitrogen and oxygen atoms in total. The lowest BCUT2D eigenvalue weighted by atomic mass is 9.79. The minimum absolute atomic E-state index is 0.0608. The number of methoxy groups -OCH3 is 1. The highest BCUT2D eigenvalue weighted by Gasteiger charge is 2.38. The number of hydrogen-bond donors (Lipinski definition) is 0. The Morgan fingerprint density at radius 2 is 1.90 bits per heavy atom. The van der Waals surface area contributed by atoms with Gasteiger partial charge in [-0.25, -0.2) is 8.42 Å². The van der Waals surface area contributed by atoms with Crippen molar-refractivity contribution in [2.45, 2.75) is 57.4 Å². The number of esters is 1. The molecule has 0 N–H and O–H groups in total. The van der Waals surface area contributed by atoms with Crippen LogP contribution in [0, 0.1) is 5.92 Å². The number of hydrogen-bond acceptors (Lipinski definition) is 4. The number of nitrogens with zero attached hydrogens (tertiary/aromatic N) is 1. The Morgan fingerprint density at radius 1 is 1.20 bits per heavy atom. The molecule has 0 unspecified atom stereocenters. The molecule has 0 aromatic heterocycles. The van der Waals surface area contributed by atoms with E-state index in [-0.39, 0.29) is 24.2 Å². The van der Waals surface area contributed by atoms with Crippen molar-refractivity contribution in [3.05, 3.63) is 0 Å². The third-order valence-electron chi connectivity index (χ3n) is 4.56. The summed E-state index contributed by atoms with van der Waals surface area (Å²) in [5.41, 5.74) is 0. The molecule has 2 atom stereocenters. The Hall–Kier alpha value is -0.620. The van der Waals surface area contributed by atoms with Crippen LogP contribution in [0.4, 0.5) is 0 Å².